The molecule has 0 aliphatic heterocycles. The number of carbonyl (C=O) groups excluding carboxylic acids is 1. The number of methoxy groups -OCH3 is 2. The second kappa shape index (κ2) is 9.51. The fraction of sp³-hybridized carbons (Fsp3) is 0.571. The third kappa shape index (κ3) is 5.68. The maximum Gasteiger partial charge on any atom is 0.314 e. The predicted molar refractivity (Wildman–Crippen MR) is 105 cm³/mol. The molecule has 0 bridgehead atoms. The molecule has 1 aliphatic rings. The highest BCUT2D eigenvalue weighted by molar-refractivity contribution is 5.74. The number of amides is 2. The molecular formula is C21H32N2O3. The molecule has 0 spiro atoms. The zero-order valence-electron chi connectivity index (χ0n) is 16.5. The standard InChI is InChI=1S/C21H32N2O3/c1-21(2,17-10-11-18(25-3)19(14-17)26-4)15-23-20(24)22-13-12-16-8-6-5-7-9-16/h8,10-11,14H,5-7,9,12-13,15H2,1-4H3,(H2,22,23,24). The van der Waals surface area contributed by atoms with Crippen LogP contribution in [0.15, 0.2) is 29.8 Å². The van der Waals surface area contributed by atoms with Crippen LogP contribution in [0, 0.1) is 0 Å². The van der Waals surface area contributed by atoms with E-state index in [2.05, 4.69) is 30.6 Å². The molecule has 0 saturated carbocycles. The van der Waals surface area contributed by atoms with Crippen LogP contribution in [0.2, 0.25) is 0 Å². The molecule has 26 heavy (non-hydrogen) atoms. The van der Waals surface area contributed by atoms with E-state index >= 15 is 0 Å². The molecule has 0 radical (unpaired) electrons. The lowest BCUT2D eigenvalue weighted by atomic mass is 9.84. The summed E-state index contributed by atoms with van der Waals surface area (Å²) in [4.78, 5) is 12.1. The van der Waals surface area contributed by atoms with Crippen molar-refractivity contribution < 1.29 is 14.3 Å². The Morgan fingerprint density at radius 3 is 2.54 bits per heavy atom. The van der Waals surface area contributed by atoms with Gasteiger partial charge < -0.3 is 20.1 Å². The summed E-state index contributed by atoms with van der Waals surface area (Å²) in [5.74, 6) is 1.40. The van der Waals surface area contributed by atoms with E-state index in [0.717, 1.165) is 12.0 Å². The smallest absolute Gasteiger partial charge is 0.314 e. The van der Waals surface area contributed by atoms with Crippen LogP contribution in [0.25, 0.3) is 0 Å². The first-order valence-corrected chi connectivity index (χ1v) is 9.38. The first kappa shape index (κ1) is 20.1. The van der Waals surface area contributed by atoms with Gasteiger partial charge >= 0.3 is 6.03 Å². The number of urea groups is 1. The molecule has 2 rings (SSSR count). The van der Waals surface area contributed by atoms with E-state index < -0.39 is 0 Å². The Labute approximate surface area is 157 Å². The molecular weight excluding hydrogens is 328 g/mol. The summed E-state index contributed by atoms with van der Waals surface area (Å²) in [6.45, 7) is 5.42. The molecule has 5 heteroatoms. The van der Waals surface area contributed by atoms with Gasteiger partial charge in [0.2, 0.25) is 0 Å². The van der Waals surface area contributed by atoms with Gasteiger partial charge in [-0.2, -0.15) is 0 Å². The molecule has 0 fully saturated rings. The van der Waals surface area contributed by atoms with Gasteiger partial charge in [0.15, 0.2) is 11.5 Å². The number of hydrogen-bond donors (Lipinski definition) is 2. The van der Waals surface area contributed by atoms with Crippen LogP contribution >= 0.6 is 0 Å². The number of ether oxygens (including phenoxy) is 2. The van der Waals surface area contributed by atoms with Crippen molar-refractivity contribution in [3.63, 3.8) is 0 Å². The van der Waals surface area contributed by atoms with Crippen LogP contribution in [-0.2, 0) is 5.41 Å². The summed E-state index contributed by atoms with van der Waals surface area (Å²) >= 11 is 0. The fourth-order valence-electron chi connectivity index (χ4n) is 3.19. The van der Waals surface area contributed by atoms with Gasteiger partial charge in [-0.05, 0) is 49.8 Å². The van der Waals surface area contributed by atoms with Crippen LogP contribution in [0.3, 0.4) is 0 Å². The fourth-order valence-corrected chi connectivity index (χ4v) is 3.19. The van der Waals surface area contributed by atoms with E-state index in [0.29, 0.717) is 24.6 Å². The molecule has 5 nitrogen and oxygen atoms in total. The number of nitrogens with one attached hydrogen (secondary N) is 2. The molecule has 2 N–H and O–H groups in total. The highest BCUT2D eigenvalue weighted by atomic mass is 16.5. The van der Waals surface area contributed by atoms with Crippen molar-refractivity contribution in [2.75, 3.05) is 27.3 Å². The lowest BCUT2D eigenvalue weighted by molar-refractivity contribution is 0.238. The Morgan fingerprint density at radius 1 is 1.12 bits per heavy atom. The molecule has 0 unspecified atom stereocenters. The molecule has 0 atom stereocenters. The SMILES string of the molecule is COc1ccc(C(C)(C)CNC(=O)NCCC2=CCCCC2)cc1OC. The number of allylic oxidation sites excluding steroid dienone is 1. The summed E-state index contributed by atoms with van der Waals surface area (Å²) < 4.78 is 10.7. The Bertz CT molecular complexity index is 638. The van der Waals surface area contributed by atoms with Gasteiger partial charge in [0, 0.05) is 18.5 Å². The quantitative estimate of drug-likeness (QED) is 0.684. The maximum atomic E-state index is 12.1. The number of carbonyl (C=O) groups is 1. The zero-order chi connectivity index (χ0) is 19.0. The van der Waals surface area contributed by atoms with Gasteiger partial charge in [0.25, 0.3) is 0 Å². The zero-order valence-corrected chi connectivity index (χ0v) is 16.5. The van der Waals surface area contributed by atoms with E-state index in [4.69, 9.17) is 9.47 Å². The Hall–Kier alpha value is -2.17. The lowest BCUT2D eigenvalue weighted by Crippen LogP contribution is -2.42. The molecule has 0 saturated heterocycles. The van der Waals surface area contributed by atoms with Gasteiger partial charge in [-0.15, -0.1) is 0 Å². The van der Waals surface area contributed by atoms with Crippen LogP contribution in [0.1, 0.15) is 51.5 Å². The second-order valence-corrected chi connectivity index (χ2v) is 7.42. The van der Waals surface area contributed by atoms with Crippen LogP contribution < -0.4 is 20.1 Å². The van der Waals surface area contributed by atoms with Crippen molar-refractivity contribution in [1.82, 2.24) is 10.6 Å². The van der Waals surface area contributed by atoms with Crippen molar-refractivity contribution in [3.05, 3.63) is 35.4 Å². The predicted octanol–water partition coefficient (Wildman–Crippen LogP) is 4.17. The highest BCUT2D eigenvalue weighted by Gasteiger charge is 2.23. The van der Waals surface area contributed by atoms with Gasteiger partial charge in [-0.25, -0.2) is 4.79 Å². The van der Waals surface area contributed by atoms with Crippen LogP contribution in [0.5, 0.6) is 11.5 Å². The van der Waals surface area contributed by atoms with Gasteiger partial charge in [-0.3, -0.25) is 0 Å². The number of rotatable bonds is 8. The largest absolute Gasteiger partial charge is 0.493 e. The summed E-state index contributed by atoms with van der Waals surface area (Å²) in [5, 5.41) is 5.94. The van der Waals surface area contributed by atoms with E-state index in [9.17, 15) is 4.79 Å². The summed E-state index contributed by atoms with van der Waals surface area (Å²) in [6.07, 6.45) is 8.20. The molecule has 0 aromatic heterocycles. The van der Waals surface area contributed by atoms with Crippen molar-refractivity contribution in [1.29, 1.82) is 0 Å². The van der Waals surface area contributed by atoms with E-state index in [-0.39, 0.29) is 11.4 Å². The first-order valence-electron chi connectivity index (χ1n) is 9.38. The minimum atomic E-state index is -0.219. The minimum Gasteiger partial charge on any atom is -0.493 e. The minimum absolute atomic E-state index is 0.116. The highest BCUT2D eigenvalue weighted by Crippen LogP contribution is 2.32. The van der Waals surface area contributed by atoms with Gasteiger partial charge in [-0.1, -0.05) is 31.6 Å². The topological polar surface area (TPSA) is 59.6 Å². The average molecular weight is 360 g/mol. The number of benzene rings is 1. The van der Waals surface area contributed by atoms with E-state index in [1.807, 2.05) is 18.2 Å². The second-order valence-electron chi connectivity index (χ2n) is 7.42. The number of hydrogen-bond acceptors (Lipinski definition) is 3. The normalized spacial score (nSPS) is 14.4. The van der Waals surface area contributed by atoms with Crippen molar-refractivity contribution in [3.8, 4) is 11.5 Å². The van der Waals surface area contributed by atoms with Crippen molar-refractivity contribution in [2.45, 2.75) is 51.4 Å². The maximum absolute atomic E-state index is 12.1. The van der Waals surface area contributed by atoms with Crippen molar-refractivity contribution >= 4 is 6.03 Å². The van der Waals surface area contributed by atoms with E-state index in [1.165, 1.54) is 31.3 Å². The van der Waals surface area contributed by atoms with Crippen LogP contribution in [0.4, 0.5) is 4.79 Å². The molecule has 1 aromatic carbocycles. The molecule has 1 aliphatic carbocycles. The average Bonchev–Trinajstić information content (AvgIpc) is 2.66. The molecule has 2 amide bonds. The summed E-state index contributed by atoms with van der Waals surface area (Å²) in [5.41, 5.74) is 2.34. The van der Waals surface area contributed by atoms with Gasteiger partial charge in [0.05, 0.1) is 14.2 Å². The van der Waals surface area contributed by atoms with Gasteiger partial charge in [0.1, 0.15) is 0 Å². The molecule has 0 heterocycles. The van der Waals surface area contributed by atoms with Crippen molar-refractivity contribution in [2.24, 2.45) is 0 Å². The Balaban J connectivity index is 1.82. The Kier molecular flexibility index (Phi) is 7.37. The molecule has 144 valence electrons. The summed E-state index contributed by atoms with van der Waals surface area (Å²) in [7, 11) is 3.25. The monoisotopic (exact) mass is 360 g/mol. The van der Waals surface area contributed by atoms with Crippen LogP contribution in [-0.4, -0.2) is 33.3 Å². The third-order valence-corrected chi connectivity index (χ3v) is 4.97. The first-order chi connectivity index (χ1) is 12.5. The lowest BCUT2D eigenvalue weighted by Gasteiger charge is -2.26. The summed E-state index contributed by atoms with van der Waals surface area (Å²) in [6, 6.07) is 5.76. The van der Waals surface area contributed by atoms with E-state index in [1.54, 1.807) is 14.2 Å². The Morgan fingerprint density at radius 2 is 1.88 bits per heavy atom. The third-order valence-electron chi connectivity index (χ3n) is 4.97. The molecule has 1 aromatic rings.